The van der Waals surface area contributed by atoms with Gasteiger partial charge in [0, 0.05) is 6.04 Å². The van der Waals surface area contributed by atoms with Gasteiger partial charge in [-0.3, -0.25) is 9.69 Å². The van der Waals surface area contributed by atoms with Gasteiger partial charge >= 0.3 is 5.97 Å². The van der Waals surface area contributed by atoms with Crippen molar-refractivity contribution < 1.29 is 9.90 Å². The summed E-state index contributed by atoms with van der Waals surface area (Å²) >= 11 is 0. The maximum Gasteiger partial charge on any atom is 0.317 e. The summed E-state index contributed by atoms with van der Waals surface area (Å²) in [4.78, 5) is 12.5. The van der Waals surface area contributed by atoms with Crippen LogP contribution >= 0.6 is 0 Å². The van der Waals surface area contributed by atoms with E-state index >= 15 is 0 Å². The van der Waals surface area contributed by atoms with Crippen molar-refractivity contribution >= 4 is 5.97 Å². The first-order chi connectivity index (χ1) is 5.93. The summed E-state index contributed by atoms with van der Waals surface area (Å²) in [5, 5.41) is 8.66. The molecular weight excluding hydrogens is 166 g/mol. The SMILES string of the molecule is CC(C)CCN(CC(=O)O)C(C)C. The van der Waals surface area contributed by atoms with E-state index in [1.165, 1.54) is 0 Å². The molecule has 0 bridgehead atoms. The second-order valence-corrected chi connectivity index (χ2v) is 4.14. The number of carbonyl (C=O) groups is 1. The molecule has 0 aromatic heterocycles. The number of carboxylic acid groups (broad SMARTS) is 1. The molecule has 0 rings (SSSR count). The maximum absolute atomic E-state index is 10.5. The molecule has 0 amide bonds. The fraction of sp³-hybridized carbons (Fsp3) is 0.900. The van der Waals surface area contributed by atoms with Crippen molar-refractivity contribution in [2.75, 3.05) is 13.1 Å². The molecule has 0 heterocycles. The molecule has 0 saturated carbocycles. The van der Waals surface area contributed by atoms with Gasteiger partial charge < -0.3 is 5.11 Å². The lowest BCUT2D eigenvalue weighted by Crippen LogP contribution is -2.36. The number of hydrogen-bond acceptors (Lipinski definition) is 2. The summed E-state index contributed by atoms with van der Waals surface area (Å²) in [5.41, 5.74) is 0. The zero-order valence-corrected chi connectivity index (χ0v) is 9.08. The summed E-state index contributed by atoms with van der Waals surface area (Å²) in [6.45, 7) is 9.40. The van der Waals surface area contributed by atoms with Crippen LogP contribution in [0.5, 0.6) is 0 Å². The van der Waals surface area contributed by atoms with E-state index in [2.05, 4.69) is 13.8 Å². The van der Waals surface area contributed by atoms with Crippen LogP contribution in [0, 0.1) is 5.92 Å². The average Bonchev–Trinajstić information content (AvgIpc) is 1.96. The van der Waals surface area contributed by atoms with Gasteiger partial charge in [-0.05, 0) is 32.7 Å². The Balaban J connectivity index is 3.88. The molecule has 0 aliphatic heterocycles. The Hall–Kier alpha value is -0.570. The van der Waals surface area contributed by atoms with Crippen LogP contribution in [-0.2, 0) is 4.79 Å². The van der Waals surface area contributed by atoms with Crippen LogP contribution in [0.25, 0.3) is 0 Å². The third-order valence-electron chi connectivity index (χ3n) is 2.06. The van der Waals surface area contributed by atoms with Gasteiger partial charge in [0.05, 0.1) is 6.54 Å². The van der Waals surface area contributed by atoms with Gasteiger partial charge in [0.15, 0.2) is 0 Å². The van der Waals surface area contributed by atoms with Gasteiger partial charge in [-0.25, -0.2) is 0 Å². The Morgan fingerprint density at radius 2 is 1.85 bits per heavy atom. The molecule has 0 aliphatic carbocycles. The molecule has 3 nitrogen and oxygen atoms in total. The van der Waals surface area contributed by atoms with Crippen LogP contribution in [0.2, 0.25) is 0 Å². The average molecular weight is 187 g/mol. The van der Waals surface area contributed by atoms with Gasteiger partial charge in [-0.15, -0.1) is 0 Å². The van der Waals surface area contributed by atoms with Crippen molar-refractivity contribution in [3.63, 3.8) is 0 Å². The molecule has 0 aromatic rings. The Kier molecular flexibility index (Phi) is 5.71. The topological polar surface area (TPSA) is 40.5 Å². The molecule has 78 valence electrons. The monoisotopic (exact) mass is 187 g/mol. The molecule has 3 heteroatoms. The first-order valence-electron chi connectivity index (χ1n) is 4.89. The highest BCUT2D eigenvalue weighted by Crippen LogP contribution is 2.05. The second kappa shape index (κ2) is 5.97. The first kappa shape index (κ1) is 12.4. The fourth-order valence-electron chi connectivity index (χ4n) is 1.12. The van der Waals surface area contributed by atoms with E-state index in [1.54, 1.807) is 0 Å². The van der Waals surface area contributed by atoms with E-state index in [9.17, 15) is 4.79 Å². The minimum absolute atomic E-state index is 0.157. The molecule has 0 unspecified atom stereocenters. The van der Waals surface area contributed by atoms with Gasteiger partial charge in [0.25, 0.3) is 0 Å². The molecule has 1 N–H and O–H groups in total. The largest absolute Gasteiger partial charge is 0.480 e. The van der Waals surface area contributed by atoms with Gasteiger partial charge in [0.1, 0.15) is 0 Å². The number of hydrogen-bond donors (Lipinski definition) is 1. The van der Waals surface area contributed by atoms with Crippen LogP contribution in [0.3, 0.4) is 0 Å². The molecule has 0 atom stereocenters. The molecule has 0 saturated heterocycles. The van der Waals surface area contributed by atoms with E-state index in [0.717, 1.165) is 13.0 Å². The highest BCUT2D eigenvalue weighted by atomic mass is 16.4. The molecule has 0 spiro atoms. The molecule has 0 fully saturated rings. The van der Waals surface area contributed by atoms with Crippen molar-refractivity contribution in [1.82, 2.24) is 4.90 Å². The highest BCUT2D eigenvalue weighted by molar-refractivity contribution is 5.69. The minimum atomic E-state index is -0.738. The Morgan fingerprint density at radius 3 is 2.15 bits per heavy atom. The fourth-order valence-corrected chi connectivity index (χ4v) is 1.12. The normalized spacial score (nSPS) is 11.6. The number of aliphatic carboxylic acids is 1. The predicted molar refractivity (Wildman–Crippen MR) is 53.8 cm³/mol. The zero-order valence-electron chi connectivity index (χ0n) is 9.08. The Morgan fingerprint density at radius 1 is 1.31 bits per heavy atom. The lowest BCUT2D eigenvalue weighted by Gasteiger charge is -2.25. The number of rotatable bonds is 6. The zero-order chi connectivity index (χ0) is 10.4. The van der Waals surface area contributed by atoms with E-state index < -0.39 is 5.97 Å². The molecule has 0 aromatic carbocycles. The van der Waals surface area contributed by atoms with Crippen molar-refractivity contribution in [2.45, 2.75) is 40.2 Å². The van der Waals surface area contributed by atoms with Gasteiger partial charge in [-0.1, -0.05) is 13.8 Å². The molecular formula is C10H21NO2. The smallest absolute Gasteiger partial charge is 0.317 e. The molecule has 0 aliphatic rings. The predicted octanol–water partition coefficient (Wildman–Crippen LogP) is 1.83. The van der Waals surface area contributed by atoms with E-state index in [0.29, 0.717) is 12.0 Å². The lowest BCUT2D eigenvalue weighted by molar-refractivity contribution is -0.138. The van der Waals surface area contributed by atoms with Crippen LogP contribution in [0.1, 0.15) is 34.1 Å². The van der Waals surface area contributed by atoms with Crippen LogP contribution in [0.4, 0.5) is 0 Å². The number of nitrogens with zero attached hydrogens (tertiary/aromatic N) is 1. The third kappa shape index (κ3) is 6.58. The Bertz CT molecular complexity index is 155. The van der Waals surface area contributed by atoms with Crippen molar-refractivity contribution in [3.05, 3.63) is 0 Å². The third-order valence-corrected chi connectivity index (χ3v) is 2.06. The summed E-state index contributed by atoms with van der Waals surface area (Å²) < 4.78 is 0. The van der Waals surface area contributed by atoms with Crippen LogP contribution < -0.4 is 0 Å². The summed E-state index contributed by atoms with van der Waals surface area (Å²) in [6, 6.07) is 0.315. The van der Waals surface area contributed by atoms with Crippen LogP contribution in [-0.4, -0.2) is 35.1 Å². The van der Waals surface area contributed by atoms with Crippen LogP contribution in [0.15, 0.2) is 0 Å². The Labute approximate surface area is 80.7 Å². The van der Waals surface area contributed by atoms with Crippen molar-refractivity contribution in [1.29, 1.82) is 0 Å². The molecule has 13 heavy (non-hydrogen) atoms. The molecule has 0 radical (unpaired) electrons. The van der Waals surface area contributed by atoms with Crippen molar-refractivity contribution in [3.8, 4) is 0 Å². The van der Waals surface area contributed by atoms with Gasteiger partial charge in [0.2, 0.25) is 0 Å². The standard InChI is InChI=1S/C10H21NO2/c1-8(2)5-6-11(9(3)4)7-10(12)13/h8-9H,5-7H2,1-4H3,(H,12,13). The van der Waals surface area contributed by atoms with E-state index in [4.69, 9.17) is 5.11 Å². The summed E-state index contributed by atoms with van der Waals surface area (Å²) in [5.74, 6) is -0.104. The summed E-state index contributed by atoms with van der Waals surface area (Å²) in [6.07, 6.45) is 1.06. The highest BCUT2D eigenvalue weighted by Gasteiger charge is 2.12. The first-order valence-corrected chi connectivity index (χ1v) is 4.89. The maximum atomic E-state index is 10.5. The summed E-state index contributed by atoms with van der Waals surface area (Å²) in [7, 11) is 0. The van der Waals surface area contributed by atoms with E-state index in [-0.39, 0.29) is 6.54 Å². The number of carboxylic acids is 1. The van der Waals surface area contributed by atoms with E-state index in [1.807, 2.05) is 18.7 Å². The lowest BCUT2D eigenvalue weighted by atomic mass is 10.1. The van der Waals surface area contributed by atoms with Gasteiger partial charge in [-0.2, -0.15) is 0 Å². The quantitative estimate of drug-likeness (QED) is 0.689. The second-order valence-electron chi connectivity index (χ2n) is 4.14. The van der Waals surface area contributed by atoms with Crippen molar-refractivity contribution in [2.24, 2.45) is 5.92 Å². The minimum Gasteiger partial charge on any atom is -0.480 e.